The van der Waals surface area contributed by atoms with Crippen LogP contribution in [0.3, 0.4) is 0 Å². The minimum atomic E-state index is -0.258. The summed E-state index contributed by atoms with van der Waals surface area (Å²) in [5, 5.41) is 10.0. The first kappa shape index (κ1) is 10.7. The highest BCUT2D eigenvalue weighted by Gasteiger charge is 2.32. The highest BCUT2D eigenvalue weighted by Crippen LogP contribution is 2.33. The van der Waals surface area contributed by atoms with Crippen LogP contribution >= 0.6 is 0 Å². The van der Waals surface area contributed by atoms with Crippen LogP contribution in [-0.2, 0) is 4.65 Å². The van der Waals surface area contributed by atoms with Gasteiger partial charge in [-0.1, -0.05) is 30.3 Å². The second-order valence-electron chi connectivity index (χ2n) is 4.26. The van der Waals surface area contributed by atoms with E-state index in [1.165, 1.54) is 5.56 Å². The van der Waals surface area contributed by atoms with E-state index in [1.54, 1.807) is 7.11 Å². The Morgan fingerprint density at radius 1 is 1.33 bits per heavy atom. The average molecular weight is 204 g/mol. The van der Waals surface area contributed by atoms with Gasteiger partial charge in [-0.15, -0.1) is 0 Å². The predicted octanol–water partition coefficient (Wildman–Crippen LogP) is 2.17. The average Bonchev–Trinajstić information content (AvgIpc) is 2.30. The third-order valence-electron chi connectivity index (χ3n) is 3.33. The van der Waals surface area contributed by atoms with Gasteiger partial charge in [-0.25, -0.2) is 0 Å². The Labute approximate surface area is 91.4 Å². The zero-order valence-electron chi connectivity index (χ0n) is 9.10. The Bertz CT molecular complexity index is 302. The quantitative estimate of drug-likeness (QED) is 0.748. The molecule has 80 valence electrons. The van der Waals surface area contributed by atoms with Gasteiger partial charge in [-0.2, -0.15) is 0 Å². The number of aliphatic hydroxyl groups is 1. The molecular weight excluding hydrogens is 187 g/mol. The van der Waals surface area contributed by atoms with E-state index in [-0.39, 0.29) is 18.9 Å². The van der Waals surface area contributed by atoms with Crippen LogP contribution in [0.25, 0.3) is 0 Å². The summed E-state index contributed by atoms with van der Waals surface area (Å²) in [6, 6.07) is 10.3. The molecule has 0 radical (unpaired) electrons. The molecule has 0 bridgehead atoms. The fraction of sp³-hybridized carbons (Fsp3) is 0.500. The molecule has 15 heavy (non-hydrogen) atoms. The molecule has 0 amide bonds. The summed E-state index contributed by atoms with van der Waals surface area (Å²) in [7, 11) is 1.72. The van der Waals surface area contributed by atoms with Gasteiger partial charge in [0.1, 0.15) is 0 Å². The van der Waals surface area contributed by atoms with Gasteiger partial charge in [0, 0.05) is 13.0 Å². The van der Waals surface area contributed by atoms with Crippen molar-refractivity contribution in [1.82, 2.24) is 0 Å². The third kappa shape index (κ3) is 2.41. The van der Waals surface area contributed by atoms with Gasteiger partial charge < -0.3 is 9.76 Å². The van der Waals surface area contributed by atoms with Crippen molar-refractivity contribution in [2.45, 2.75) is 31.1 Å². The molecule has 1 saturated heterocycles. The number of hydrogen-bond donors (Lipinski definition) is 1. The van der Waals surface area contributed by atoms with E-state index in [4.69, 9.17) is 4.65 Å². The summed E-state index contributed by atoms with van der Waals surface area (Å²) in [6.45, 7) is 0.236. The van der Waals surface area contributed by atoms with Crippen LogP contribution in [0.2, 0.25) is 12.6 Å². The van der Waals surface area contributed by atoms with E-state index in [1.807, 2.05) is 18.2 Å². The van der Waals surface area contributed by atoms with Crippen molar-refractivity contribution in [3.05, 3.63) is 35.9 Å². The molecule has 0 aromatic heterocycles. The molecule has 2 atom stereocenters. The van der Waals surface area contributed by atoms with Crippen molar-refractivity contribution in [3.63, 3.8) is 0 Å². The van der Waals surface area contributed by atoms with E-state index < -0.39 is 0 Å². The van der Waals surface area contributed by atoms with Crippen LogP contribution in [0.15, 0.2) is 30.3 Å². The van der Waals surface area contributed by atoms with Gasteiger partial charge in [0.2, 0.25) is 0 Å². The maximum absolute atomic E-state index is 10.0. The van der Waals surface area contributed by atoms with Crippen molar-refractivity contribution in [1.29, 1.82) is 0 Å². The topological polar surface area (TPSA) is 29.5 Å². The van der Waals surface area contributed by atoms with Gasteiger partial charge in [0.05, 0.1) is 6.10 Å². The number of benzene rings is 1. The fourth-order valence-corrected chi connectivity index (χ4v) is 2.41. The Hall–Kier alpha value is -0.795. The fourth-order valence-electron chi connectivity index (χ4n) is 2.41. The summed E-state index contributed by atoms with van der Waals surface area (Å²) < 4.78 is 5.29. The molecule has 0 aliphatic carbocycles. The number of hydrogen-bond acceptors (Lipinski definition) is 2. The van der Waals surface area contributed by atoms with Gasteiger partial charge in [0.15, 0.2) is 0 Å². The Balaban J connectivity index is 2.06. The molecule has 0 spiro atoms. The van der Waals surface area contributed by atoms with Crippen molar-refractivity contribution < 1.29 is 9.76 Å². The van der Waals surface area contributed by atoms with Crippen molar-refractivity contribution in [3.8, 4) is 0 Å². The summed E-state index contributed by atoms with van der Waals surface area (Å²) >= 11 is 0. The lowest BCUT2D eigenvalue weighted by molar-refractivity contribution is 0.145. The molecule has 1 fully saturated rings. The largest absolute Gasteiger partial charge is 0.438 e. The number of rotatable bonds is 2. The lowest BCUT2D eigenvalue weighted by atomic mass is 9.52. The summed E-state index contributed by atoms with van der Waals surface area (Å²) in [4.78, 5) is 0. The van der Waals surface area contributed by atoms with Crippen LogP contribution in [0.1, 0.15) is 17.9 Å². The molecule has 1 aromatic rings. The third-order valence-corrected chi connectivity index (χ3v) is 3.33. The van der Waals surface area contributed by atoms with Crippen molar-refractivity contribution in [2.24, 2.45) is 0 Å². The highest BCUT2D eigenvalue weighted by molar-refractivity contribution is 6.52. The van der Waals surface area contributed by atoms with Crippen LogP contribution < -0.4 is 0 Å². The second-order valence-corrected chi connectivity index (χ2v) is 4.26. The van der Waals surface area contributed by atoms with Crippen molar-refractivity contribution in [2.75, 3.05) is 7.11 Å². The van der Waals surface area contributed by atoms with Gasteiger partial charge in [-0.05, 0) is 24.6 Å². The number of aliphatic hydroxyl groups excluding tert-OH is 1. The molecule has 1 aliphatic rings. The Kier molecular flexibility index (Phi) is 3.44. The first-order valence-corrected chi connectivity index (χ1v) is 5.57. The van der Waals surface area contributed by atoms with E-state index in [9.17, 15) is 5.11 Å². The molecule has 3 heteroatoms. The summed E-state index contributed by atoms with van der Waals surface area (Å²) in [5.41, 5.74) is 1.25. The zero-order chi connectivity index (χ0) is 10.7. The minimum Gasteiger partial charge on any atom is -0.438 e. The minimum absolute atomic E-state index is 0.236. The summed E-state index contributed by atoms with van der Waals surface area (Å²) in [6.07, 6.45) is 2.57. The standard InChI is InChI=1S/C12H17BO2/c1-15-13-8-7-11(12(14)9-13)10-5-3-2-4-6-10/h2-6,11-12,14H,7-9H2,1H3/t11-,12+/m0/s1. The molecule has 0 unspecified atom stereocenters. The maximum atomic E-state index is 10.0. The Morgan fingerprint density at radius 3 is 2.67 bits per heavy atom. The lowest BCUT2D eigenvalue weighted by Crippen LogP contribution is -2.33. The van der Waals surface area contributed by atoms with E-state index in [2.05, 4.69) is 12.1 Å². The molecule has 1 heterocycles. The van der Waals surface area contributed by atoms with Crippen LogP contribution in [-0.4, -0.2) is 25.2 Å². The van der Waals surface area contributed by atoms with E-state index in [0.717, 1.165) is 19.1 Å². The normalized spacial score (nSPS) is 26.7. The molecule has 2 rings (SSSR count). The SMILES string of the molecule is COB1CC[C@@H](c2ccccc2)[C@H](O)C1. The highest BCUT2D eigenvalue weighted by atomic mass is 16.4. The Morgan fingerprint density at radius 2 is 2.07 bits per heavy atom. The second kappa shape index (κ2) is 4.82. The molecule has 1 aromatic carbocycles. The van der Waals surface area contributed by atoms with Gasteiger partial charge >= 0.3 is 0 Å². The predicted molar refractivity (Wildman–Crippen MR) is 62.2 cm³/mol. The molecule has 1 aliphatic heterocycles. The van der Waals surface area contributed by atoms with E-state index in [0.29, 0.717) is 0 Å². The molecule has 0 saturated carbocycles. The molecule has 1 N–H and O–H groups in total. The van der Waals surface area contributed by atoms with Crippen LogP contribution in [0, 0.1) is 0 Å². The van der Waals surface area contributed by atoms with Crippen LogP contribution in [0.4, 0.5) is 0 Å². The first-order valence-electron chi connectivity index (χ1n) is 5.57. The smallest absolute Gasteiger partial charge is 0.295 e. The molecule has 2 nitrogen and oxygen atoms in total. The first-order chi connectivity index (χ1) is 7.31. The summed E-state index contributed by atoms with van der Waals surface area (Å²) in [5.74, 6) is 0.289. The monoisotopic (exact) mass is 204 g/mol. The van der Waals surface area contributed by atoms with Crippen LogP contribution in [0.5, 0.6) is 0 Å². The van der Waals surface area contributed by atoms with Gasteiger partial charge in [-0.3, -0.25) is 0 Å². The van der Waals surface area contributed by atoms with E-state index >= 15 is 0 Å². The van der Waals surface area contributed by atoms with Gasteiger partial charge in [0.25, 0.3) is 6.92 Å². The molecular formula is C12H17BO2. The maximum Gasteiger partial charge on any atom is 0.295 e. The lowest BCUT2D eigenvalue weighted by Gasteiger charge is -2.30. The van der Waals surface area contributed by atoms with Crippen molar-refractivity contribution >= 4 is 6.92 Å². The zero-order valence-corrected chi connectivity index (χ0v) is 9.10.